The van der Waals surface area contributed by atoms with Crippen molar-refractivity contribution in [3.05, 3.63) is 28.8 Å². The summed E-state index contributed by atoms with van der Waals surface area (Å²) < 4.78 is 1.23. The number of alkyl halides is 1. The standard InChI is InChI=1S/C9H8ClNS/c1-6-3-2-4-7-9(6)11-8(5-10)12-7/h2-4H,5H2,1H3. The summed E-state index contributed by atoms with van der Waals surface area (Å²) in [5.41, 5.74) is 2.32. The van der Waals surface area contributed by atoms with Gasteiger partial charge in [0.25, 0.3) is 0 Å². The monoisotopic (exact) mass is 197 g/mol. The molecule has 0 saturated carbocycles. The van der Waals surface area contributed by atoms with Gasteiger partial charge in [-0.3, -0.25) is 0 Å². The minimum Gasteiger partial charge on any atom is -0.240 e. The highest BCUT2D eigenvalue weighted by atomic mass is 35.5. The molecule has 1 aromatic heterocycles. The van der Waals surface area contributed by atoms with Crippen LogP contribution in [0.2, 0.25) is 0 Å². The van der Waals surface area contributed by atoms with Crippen LogP contribution >= 0.6 is 22.9 Å². The number of aromatic nitrogens is 1. The zero-order chi connectivity index (χ0) is 8.55. The number of nitrogens with zero attached hydrogens (tertiary/aromatic N) is 1. The van der Waals surface area contributed by atoms with Crippen LogP contribution in [-0.4, -0.2) is 4.98 Å². The van der Waals surface area contributed by atoms with E-state index in [0.717, 1.165) is 10.5 Å². The van der Waals surface area contributed by atoms with Gasteiger partial charge in [0.05, 0.1) is 16.1 Å². The summed E-state index contributed by atoms with van der Waals surface area (Å²) in [5, 5.41) is 1.00. The normalized spacial score (nSPS) is 10.8. The van der Waals surface area contributed by atoms with Crippen molar-refractivity contribution in [2.75, 3.05) is 0 Å². The van der Waals surface area contributed by atoms with Crippen molar-refractivity contribution < 1.29 is 0 Å². The van der Waals surface area contributed by atoms with Gasteiger partial charge in [-0.15, -0.1) is 22.9 Å². The van der Waals surface area contributed by atoms with E-state index in [4.69, 9.17) is 11.6 Å². The Kier molecular flexibility index (Phi) is 2.03. The van der Waals surface area contributed by atoms with Gasteiger partial charge in [0, 0.05) is 0 Å². The first kappa shape index (κ1) is 8.02. The average molecular weight is 198 g/mol. The highest BCUT2D eigenvalue weighted by Crippen LogP contribution is 2.25. The first-order chi connectivity index (χ1) is 5.81. The molecule has 1 aromatic carbocycles. The number of hydrogen-bond acceptors (Lipinski definition) is 2. The minimum absolute atomic E-state index is 0.513. The highest BCUT2D eigenvalue weighted by Gasteiger charge is 2.03. The van der Waals surface area contributed by atoms with Gasteiger partial charge >= 0.3 is 0 Å². The van der Waals surface area contributed by atoms with Crippen molar-refractivity contribution in [2.45, 2.75) is 12.8 Å². The molecule has 2 aromatic rings. The van der Waals surface area contributed by atoms with Crippen LogP contribution in [0.15, 0.2) is 18.2 Å². The number of benzene rings is 1. The van der Waals surface area contributed by atoms with Gasteiger partial charge in [0.1, 0.15) is 5.01 Å². The van der Waals surface area contributed by atoms with Gasteiger partial charge in [-0.05, 0) is 18.6 Å². The van der Waals surface area contributed by atoms with Gasteiger partial charge in [0.2, 0.25) is 0 Å². The second-order valence-electron chi connectivity index (χ2n) is 2.66. The molecule has 0 saturated heterocycles. The lowest BCUT2D eigenvalue weighted by molar-refractivity contribution is 1.29. The number of para-hydroxylation sites is 1. The van der Waals surface area contributed by atoms with E-state index in [1.807, 2.05) is 6.07 Å². The summed E-state index contributed by atoms with van der Waals surface area (Å²) in [6.07, 6.45) is 0. The third kappa shape index (κ3) is 1.21. The largest absolute Gasteiger partial charge is 0.240 e. The summed E-state index contributed by atoms with van der Waals surface area (Å²) >= 11 is 7.37. The summed E-state index contributed by atoms with van der Waals surface area (Å²) in [4.78, 5) is 4.42. The average Bonchev–Trinajstić information content (AvgIpc) is 2.49. The van der Waals surface area contributed by atoms with Crippen LogP contribution in [0.3, 0.4) is 0 Å². The van der Waals surface area contributed by atoms with E-state index in [2.05, 4.69) is 24.0 Å². The molecule has 1 nitrogen and oxygen atoms in total. The Labute approximate surface area is 80.0 Å². The molecule has 12 heavy (non-hydrogen) atoms. The maximum Gasteiger partial charge on any atom is 0.109 e. The smallest absolute Gasteiger partial charge is 0.109 e. The molecule has 2 rings (SSSR count). The molecule has 0 bridgehead atoms. The fourth-order valence-corrected chi connectivity index (χ4v) is 2.31. The summed E-state index contributed by atoms with van der Waals surface area (Å²) in [6.45, 7) is 2.07. The van der Waals surface area contributed by atoms with Crippen molar-refractivity contribution in [1.82, 2.24) is 4.98 Å². The van der Waals surface area contributed by atoms with Crippen LogP contribution in [0.1, 0.15) is 10.6 Å². The Bertz CT molecular complexity index is 408. The van der Waals surface area contributed by atoms with Crippen molar-refractivity contribution in [3.63, 3.8) is 0 Å². The Morgan fingerprint density at radius 2 is 2.33 bits per heavy atom. The van der Waals surface area contributed by atoms with Crippen molar-refractivity contribution >= 4 is 33.2 Å². The molecule has 62 valence electrons. The Hall–Kier alpha value is -0.600. The van der Waals surface area contributed by atoms with E-state index >= 15 is 0 Å². The van der Waals surface area contributed by atoms with E-state index in [0.29, 0.717) is 5.88 Å². The van der Waals surface area contributed by atoms with E-state index in [1.54, 1.807) is 11.3 Å². The number of hydrogen-bond donors (Lipinski definition) is 0. The highest BCUT2D eigenvalue weighted by molar-refractivity contribution is 7.18. The lowest BCUT2D eigenvalue weighted by atomic mass is 10.2. The lowest BCUT2D eigenvalue weighted by Gasteiger charge is -1.90. The summed E-state index contributed by atoms with van der Waals surface area (Å²) in [5.74, 6) is 0.513. The molecule has 0 fully saturated rings. The number of aryl methyl sites for hydroxylation is 1. The van der Waals surface area contributed by atoms with Crippen molar-refractivity contribution in [2.24, 2.45) is 0 Å². The molecule has 0 aliphatic carbocycles. The molecule has 0 N–H and O–H groups in total. The fourth-order valence-electron chi connectivity index (χ4n) is 1.19. The van der Waals surface area contributed by atoms with Gasteiger partial charge in [-0.1, -0.05) is 12.1 Å². The van der Waals surface area contributed by atoms with Crippen LogP contribution in [0, 0.1) is 6.92 Å². The Balaban J connectivity index is 2.74. The quantitative estimate of drug-likeness (QED) is 0.639. The lowest BCUT2D eigenvalue weighted by Crippen LogP contribution is -1.76. The van der Waals surface area contributed by atoms with Gasteiger partial charge in [0.15, 0.2) is 0 Å². The third-order valence-electron chi connectivity index (χ3n) is 1.78. The topological polar surface area (TPSA) is 12.9 Å². The van der Waals surface area contributed by atoms with Gasteiger partial charge in [-0.2, -0.15) is 0 Å². The maximum atomic E-state index is 5.70. The second-order valence-corrected chi connectivity index (χ2v) is 4.05. The van der Waals surface area contributed by atoms with Crippen LogP contribution < -0.4 is 0 Å². The minimum atomic E-state index is 0.513. The molecule has 0 amide bonds. The number of halogens is 1. The second kappa shape index (κ2) is 3.04. The molecular weight excluding hydrogens is 190 g/mol. The number of thiazole rings is 1. The van der Waals surface area contributed by atoms with E-state index in [-0.39, 0.29) is 0 Å². The van der Waals surface area contributed by atoms with Crippen molar-refractivity contribution in [1.29, 1.82) is 0 Å². The van der Waals surface area contributed by atoms with Crippen LogP contribution in [0.25, 0.3) is 10.2 Å². The van der Waals surface area contributed by atoms with E-state index in [9.17, 15) is 0 Å². The zero-order valence-corrected chi connectivity index (χ0v) is 8.25. The molecule has 0 unspecified atom stereocenters. The molecule has 0 atom stereocenters. The Morgan fingerprint density at radius 1 is 1.50 bits per heavy atom. The first-order valence-corrected chi connectivity index (χ1v) is 5.07. The molecule has 0 aliphatic rings. The third-order valence-corrected chi connectivity index (χ3v) is 3.21. The van der Waals surface area contributed by atoms with Crippen LogP contribution in [-0.2, 0) is 5.88 Å². The van der Waals surface area contributed by atoms with E-state index in [1.165, 1.54) is 10.3 Å². The molecule has 0 aliphatic heterocycles. The van der Waals surface area contributed by atoms with Crippen LogP contribution in [0.4, 0.5) is 0 Å². The molecule has 0 radical (unpaired) electrons. The number of fused-ring (bicyclic) bond motifs is 1. The fraction of sp³-hybridized carbons (Fsp3) is 0.222. The molecular formula is C9H8ClNS. The summed E-state index contributed by atoms with van der Waals surface area (Å²) in [7, 11) is 0. The number of rotatable bonds is 1. The molecule has 3 heteroatoms. The summed E-state index contributed by atoms with van der Waals surface area (Å²) in [6, 6.07) is 6.20. The molecule has 0 spiro atoms. The maximum absolute atomic E-state index is 5.70. The predicted molar refractivity (Wildman–Crippen MR) is 53.9 cm³/mol. The van der Waals surface area contributed by atoms with Gasteiger partial charge < -0.3 is 0 Å². The van der Waals surface area contributed by atoms with Crippen molar-refractivity contribution in [3.8, 4) is 0 Å². The van der Waals surface area contributed by atoms with E-state index < -0.39 is 0 Å². The zero-order valence-electron chi connectivity index (χ0n) is 6.67. The SMILES string of the molecule is Cc1cccc2sc(CCl)nc12. The molecule has 1 heterocycles. The predicted octanol–water partition coefficient (Wildman–Crippen LogP) is 3.34. The Morgan fingerprint density at radius 3 is 3.00 bits per heavy atom. The van der Waals surface area contributed by atoms with Crippen LogP contribution in [0.5, 0.6) is 0 Å². The van der Waals surface area contributed by atoms with Gasteiger partial charge in [-0.25, -0.2) is 4.98 Å². The first-order valence-electron chi connectivity index (χ1n) is 3.72.